The molecule has 8 nitrogen and oxygen atoms in total. The molecule has 3 aromatic rings. The SMILES string of the molecule is COc1ccc(OC)c(NC(=O)COc2ccc(C(=O)Nc3ccc(OC)c(Cl)c3)cc2)c1. The van der Waals surface area contributed by atoms with E-state index in [9.17, 15) is 9.59 Å². The molecule has 0 heterocycles. The molecule has 3 aromatic carbocycles. The predicted octanol–water partition coefficient (Wildman–Crippen LogP) is 4.64. The van der Waals surface area contributed by atoms with Crippen LogP contribution < -0.4 is 29.6 Å². The quantitative estimate of drug-likeness (QED) is 0.473. The minimum absolute atomic E-state index is 0.226. The summed E-state index contributed by atoms with van der Waals surface area (Å²) in [5, 5.41) is 5.88. The molecule has 3 rings (SSSR count). The lowest BCUT2D eigenvalue weighted by Crippen LogP contribution is -2.20. The molecule has 0 radical (unpaired) electrons. The predicted molar refractivity (Wildman–Crippen MR) is 126 cm³/mol. The molecule has 2 amide bonds. The van der Waals surface area contributed by atoms with E-state index in [0.29, 0.717) is 45.0 Å². The van der Waals surface area contributed by atoms with Crippen LogP contribution in [-0.4, -0.2) is 39.8 Å². The Morgan fingerprint density at radius 1 is 0.788 bits per heavy atom. The Morgan fingerprint density at radius 3 is 2.09 bits per heavy atom. The molecule has 33 heavy (non-hydrogen) atoms. The average Bonchev–Trinajstić information content (AvgIpc) is 2.83. The second-order valence-electron chi connectivity index (χ2n) is 6.73. The van der Waals surface area contributed by atoms with Crippen LogP contribution in [0.2, 0.25) is 5.02 Å². The number of anilines is 2. The highest BCUT2D eigenvalue weighted by molar-refractivity contribution is 6.32. The Bertz CT molecular complexity index is 1130. The van der Waals surface area contributed by atoms with Gasteiger partial charge in [0.2, 0.25) is 0 Å². The van der Waals surface area contributed by atoms with Gasteiger partial charge < -0.3 is 29.6 Å². The first-order chi connectivity index (χ1) is 15.9. The normalized spacial score (nSPS) is 10.2. The van der Waals surface area contributed by atoms with Crippen LogP contribution in [0.1, 0.15) is 10.4 Å². The van der Waals surface area contributed by atoms with Gasteiger partial charge in [-0.05, 0) is 54.6 Å². The van der Waals surface area contributed by atoms with Gasteiger partial charge in [-0.2, -0.15) is 0 Å². The van der Waals surface area contributed by atoms with Crippen LogP contribution >= 0.6 is 11.6 Å². The average molecular weight is 471 g/mol. The Labute approximate surface area is 196 Å². The molecule has 0 atom stereocenters. The number of rotatable bonds is 9. The van der Waals surface area contributed by atoms with Gasteiger partial charge >= 0.3 is 0 Å². The largest absolute Gasteiger partial charge is 0.497 e. The molecule has 9 heteroatoms. The number of carbonyl (C=O) groups excluding carboxylic acids is 2. The molecule has 0 aromatic heterocycles. The number of methoxy groups -OCH3 is 3. The summed E-state index contributed by atoms with van der Waals surface area (Å²) in [6, 6.07) is 16.4. The molecule has 0 fully saturated rings. The monoisotopic (exact) mass is 470 g/mol. The van der Waals surface area contributed by atoms with Crippen molar-refractivity contribution in [3.8, 4) is 23.0 Å². The molecule has 172 valence electrons. The van der Waals surface area contributed by atoms with E-state index < -0.39 is 0 Å². The maximum absolute atomic E-state index is 12.5. The third kappa shape index (κ3) is 6.30. The van der Waals surface area contributed by atoms with Crippen LogP contribution in [0, 0.1) is 0 Å². The van der Waals surface area contributed by atoms with Crippen LogP contribution in [0.5, 0.6) is 23.0 Å². The molecule has 0 saturated heterocycles. The molecule has 2 N–H and O–H groups in total. The van der Waals surface area contributed by atoms with Crippen molar-refractivity contribution in [2.24, 2.45) is 0 Å². The zero-order valence-corrected chi connectivity index (χ0v) is 19.1. The third-order valence-corrected chi connectivity index (χ3v) is 4.87. The van der Waals surface area contributed by atoms with Gasteiger partial charge in [0, 0.05) is 17.3 Å². The van der Waals surface area contributed by atoms with Gasteiger partial charge in [0.05, 0.1) is 32.0 Å². The van der Waals surface area contributed by atoms with Gasteiger partial charge in [0.15, 0.2) is 6.61 Å². The van der Waals surface area contributed by atoms with Crippen molar-refractivity contribution in [3.63, 3.8) is 0 Å². The highest BCUT2D eigenvalue weighted by Gasteiger charge is 2.11. The first kappa shape index (κ1) is 23.7. The Balaban J connectivity index is 1.55. The van der Waals surface area contributed by atoms with Crippen LogP contribution in [0.25, 0.3) is 0 Å². The van der Waals surface area contributed by atoms with E-state index in [0.717, 1.165) is 0 Å². The van der Waals surface area contributed by atoms with E-state index in [1.54, 1.807) is 60.7 Å². The molecule has 0 aliphatic rings. The molecule has 0 unspecified atom stereocenters. The fraction of sp³-hybridized carbons (Fsp3) is 0.167. The van der Waals surface area contributed by atoms with Crippen molar-refractivity contribution < 1.29 is 28.5 Å². The standard InChI is InChI=1S/C24H23ClN2O6/c1-30-18-9-11-22(32-3)20(13-18)27-23(28)14-33-17-7-4-15(5-8-17)24(29)26-16-6-10-21(31-2)19(25)12-16/h4-13H,14H2,1-3H3,(H,26,29)(H,27,28). The van der Waals surface area contributed by atoms with Gasteiger partial charge in [-0.3, -0.25) is 9.59 Å². The van der Waals surface area contributed by atoms with Gasteiger partial charge in [-0.1, -0.05) is 11.6 Å². The molecule has 0 saturated carbocycles. The van der Waals surface area contributed by atoms with Crippen molar-refractivity contribution in [3.05, 3.63) is 71.2 Å². The molecule has 0 aliphatic heterocycles. The lowest BCUT2D eigenvalue weighted by molar-refractivity contribution is -0.118. The second kappa shape index (κ2) is 11.1. The maximum atomic E-state index is 12.5. The van der Waals surface area contributed by atoms with Crippen molar-refractivity contribution >= 4 is 34.8 Å². The number of halogens is 1. The summed E-state index contributed by atoms with van der Waals surface area (Å²) in [4.78, 5) is 24.7. The zero-order valence-electron chi connectivity index (χ0n) is 18.3. The molecular formula is C24H23ClN2O6. The lowest BCUT2D eigenvalue weighted by atomic mass is 10.2. The van der Waals surface area contributed by atoms with Gasteiger partial charge in [-0.15, -0.1) is 0 Å². The molecule has 0 spiro atoms. The van der Waals surface area contributed by atoms with Crippen LogP contribution in [-0.2, 0) is 4.79 Å². The van der Waals surface area contributed by atoms with Crippen LogP contribution in [0.15, 0.2) is 60.7 Å². The number of amides is 2. The highest BCUT2D eigenvalue weighted by atomic mass is 35.5. The number of ether oxygens (including phenoxy) is 4. The summed E-state index contributed by atoms with van der Waals surface area (Å²) < 4.78 is 21.0. The lowest BCUT2D eigenvalue weighted by Gasteiger charge is -2.12. The number of nitrogens with one attached hydrogen (secondary N) is 2. The topological polar surface area (TPSA) is 95.1 Å². The smallest absolute Gasteiger partial charge is 0.262 e. The number of benzene rings is 3. The van der Waals surface area contributed by atoms with Crippen molar-refractivity contribution in [1.82, 2.24) is 0 Å². The first-order valence-corrected chi connectivity index (χ1v) is 10.2. The van der Waals surface area contributed by atoms with Crippen LogP contribution in [0.4, 0.5) is 11.4 Å². The van der Waals surface area contributed by atoms with Crippen molar-refractivity contribution in [2.45, 2.75) is 0 Å². The van der Waals surface area contributed by atoms with E-state index in [1.165, 1.54) is 21.3 Å². The van der Waals surface area contributed by atoms with Gasteiger partial charge in [-0.25, -0.2) is 0 Å². The second-order valence-corrected chi connectivity index (χ2v) is 7.14. The van der Waals surface area contributed by atoms with Crippen LogP contribution in [0.3, 0.4) is 0 Å². The fourth-order valence-electron chi connectivity index (χ4n) is 2.90. The molecular weight excluding hydrogens is 448 g/mol. The Hall–Kier alpha value is -3.91. The van der Waals surface area contributed by atoms with Crippen molar-refractivity contribution in [2.75, 3.05) is 38.6 Å². The zero-order chi connectivity index (χ0) is 23.8. The van der Waals surface area contributed by atoms with E-state index in [2.05, 4.69) is 10.6 Å². The number of carbonyl (C=O) groups is 2. The summed E-state index contributed by atoms with van der Waals surface area (Å²) in [5.41, 5.74) is 1.42. The van der Waals surface area contributed by atoms with Gasteiger partial charge in [0.1, 0.15) is 23.0 Å². The summed E-state index contributed by atoms with van der Waals surface area (Å²) in [6.07, 6.45) is 0. The first-order valence-electron chi connectivity index (χ1n) is 9.83. The fourth-order valence-corrected chi connectivity index (χ4v) is 3.15. The van der Waals surface area contributed by atoms with E-state index in [-0.39, 0.29) is 18.4 Å². The molecule has 0 aliphatic carbocycles. The minimum Gasteiger partial charge on any atom is -0.497 e. The molecule has 0 bridgehead atoms. The summed E-state index contributed by atoms with van der Waals surface area (Å²) in [5.74, 6) is 1.35. The maximum Gasteiger partial charge on any atom is 0.262 e. The van der Waals surface area contributed by atoms with E-state index >= 15 is 0 Å². The Morgan fingerprint density at radius 2 is 1.45 bits per heavy atom. The number of hydrogen-bond acceptors (Lipinski definition) is 6. The highest BCUT2D eigenvalue weighted by Crippen LogP contribution is 2.29. The minimum atomic E-state index is -0.375. The van der Waals surface area contributed by atoms with E-state index in [4.69, 9.17) is 30.5 Å². The van der Waals surface area contributed by atoms with E-state index in [1.807, 2.05) is 0 Å². The summed E-state index contributed by atoms with van der Waals surface area (Å²) >= 11 is 6.08. The van der Waals surface area contributed by atoms with Gasteiger partial charge in [0.25, 0.3) is 11.8 Å². The Kier molecular flexibility index (Phi) is 7.99. The third-order valence-electron chi connectivity index (χ3n) is 4.58. The van der Waals surface area contributed by atoms with Crippen molar-refractivity contribution in [1.29, 1.82) is 0 Å². The summed E-state index contributed by atoms with van der Waals surface area (Å²) in [7, 11) is 4.56. The number of hydrogen-bond donors (Lipinski definition) is 2. The summed E-state index contributed by atoms with van der Waals surface area (Å²) in [6.45, 7) is -0.226.